The van der Waals surface area contributed by atoms with Crippen LogP contribution in [0.4, 0.5) is 18.9 Å². The van der Waals surface area contributed by atoms with Crippen molar-refractivity contribution < 1.29 is 23.1 Å². The first-order chi connectivity index (χ1) is 12.3. The molecular formula is C19H15F3N2O2. The number of alkyl halides is 3. The number of hydrogen-bond donors (Lipinski definition) is 2. The fourth-order valence-electron chi connectivity index (χ4n) is 2.72. The molecule has 0 bridgehead atoms. The molecule has 1 heterocycles. The highest BCUT2D eigenvalue weighted by Gasteiger charge is 2.30. The summed E-state index contributed by atoms with van der Waals surface area (Å²) in [6, 6.07) is 9.86. The van der Waals surface area contributed by atoms with E-state index in [0.29, 0.717) is 27.8 Å². The van der Waals surface area contributed by atoms with E-state index in [2.05, 4.69) is 11.9 Å². The predicted octanol–water partition coefficient (Wildman–Crippen LogP) is 4.27. The number of nitrogens with zero attached hydrogens (tertiary/aromatic N) is 1. The van der Waals surface area contributed by atoms with Crippen molar-refractivity contribution in [2.24, 2.45) is 0 Å². The van der Waals surface area contributed by atoms with Crippen molar-refractivity contribution in [1.29, 1.82) is 0 Å². The molecule has 26 heavy (non-hydrogen) atoms. The van der Waals surface area contributed by atoms with Gasteiger partial charge in [-0.05, 0) is 48.5 Å². The zero-order valence-corrected chi connectivity index (χ0v) is 13.5. The number of amides is 1. The van der Waals surface area contributed by atoms with E-state index >= 15 is 0 Å². The minimum Gasteiger partial charge on any atom is -0.392 e. The fraction of sp³-hybridized carbons (Fsp3) is 0.105. The van der Waals surface area contributed by atoms with Gasteiger partial charge in [-0.15, -0.1) is 0 Å². The number of rotatable bonds is 4. The number of aliphatic hydroxyl groups excluding tert-OH is 1. The number of halogens is 3. The maximum atomic E-state index is 12.7. The molecular weight excluding hydrogens is 345 g/mol. The highest BCUT2D eigenvalue weighted by molar-refractivity contribution is 6.00. The van der Waals surface area contributed by atoms with Crippen molar-refractivity contribution >= 4 is 22.5 Å². The lowest BCUT2D eigenvalue weighted by molar-refractivity contribution is -0.137. The topological polar surface area (TPSA) is 54.3 Å². The van der Waals surface area contributed by atoms with E-state index in [9.17, 15) is 23.1 Å². The molecule has 0 spiro atoms. The maximum absolute atomic E-state index is 12.7. The van der Waals surface area contributed by atoms with Gasteiger partial charge in [-0.3, -0.25) is 4.79 Å². The fourth-order valence-corrected chi connectivity index (χ4v) is 2.72. The highest BCUT2D eigenvalue weighted by atomic mass is 19.4. The van der Waals surface area contributed by atoms with Crippen LogP contribution in [0.3, 0.4) is 0 Å². The van der Waals surface area contributed by atoms with E-state index in [4.69, 9.17) is 0 Å². The molecule has 0 saturated heterocycles. The molecule has 0 radical (unpaired) electrons. The number of nitrogens with one attached hydrogen (secondary N) is 1. The van der Waals surface area contributed by atoms with E-state index < -0.39 is 11.7 Å². The van der Waals surface area contributed by atoms with Crippen LogP contribution in [0.2, 0.25) is 0 Å². The van der Waals surface area contributed by atoms with Gasteiger partial charge in [0.05, 0.1) is 17.7 Å². The second kappa shape index (κ2) is 6.68. The predicted molar refractivity (Wildman–Crippen MR) is 93.0 cm³/mol. The second-order valence-corrected chi connectivity index (χ2v) is 5.65. The van der Waals surface area contributed by atoms with Crippen molar-refractivity contribution in [3.05, 3.63) is 72.4 Å². The van der Waals surface area contributed by atoms with Crippen molar-refractivity contribution in [3.8, 4) is 5.69 Å². The Morgan fingerprint density at radius 3 is 2.46 bits per heavy atom. The summed E-state index contributed by atoms with van der Waals surface area (Å²) >= 11 is 0. The Bertz CT molecular complexity index is 973. The molecule has 7 heteroatoms. The zero-order valence-electron chi connectivity index (χ0n) is 13.5. The second-order valence-electron chi connectivity index (χ2n) is 5.65. The monoisotopic (exact) mass is 360 g/mol. The Kier molecular flexibility index (Phi) is 4.56. The third-order valence-electron chi connectivity index (χ3n) is 3.98. The Morgan fingerprint density at radius 2 is 1.88 bits per heavy atom. The minimum atomic E-state index is -4.40. The van der Waals surface area contributed by atoms with Crippen LogP contribution in [0.15, 0.2) is 61.3 Å². The van der Waals surface area contributed by atoms with Gasteiger partial charge >= 0.3 is 6.18 Å². The lowest BCUT2D eigenvalue weighted by atomic mass is 10.1. The van der Waals surface area contributed by atoms with Gasteiger partial charge in [0.15, 0.2) is 0 Å². The van der Waals surface area contributed by atoms with Crippen molar-refractivity contribution in [3.63, 3.8) is 0 Å². The van der Waals surface area contributed by atoms with Crippen molar-refractivity contribution in [2.75, 3.05) is 5.32 Å². The third-order valence-corrected chi connectivity index (χ3v) is 3.98. The van der Waals surface area contributed by atoms with E-state index in [1.807, 2.05) is 0 Å². The van der Waals surface area contributed by atoms with Gasteiger partial charge in [-0.2, -0.15) is 13.2 Å². The molecule has 0 saturated carbocycles. The average molecular weight is 360 g/mol. The van der Waals surface area contributed by atoms with Gasteiger partial charge in [0.25, 0.3) is 0 Å². The molecule has 3 rings (SSSR count). The Balaban J connectivity index is 2.06. The van der Waals surface area contributed by atoms with Crippen molar-refractivity contribution in [1.82, 2.24) is 4.57 Å². The smallest absolute Gasteiger partial charge is 0.392 e. The summed E-state index contributed by atoms with van der Waals surface area (Å²) in [6.45, 7) is 3.14. The lowest BCUT2D eigenvalue weighted by Gasteiger charge is -2.10. The van der Waals surface area contributed by atoms with E-state index in [0.717, 1.165) is 18.2 Å². The Morgan fingerprint density at radius 1 is 1.19 bits per heavy atom. The molecule has 2 aromatic carbocycles. The van der Waals surface area contributed by atoms with Gasteiger partial charge in [-0.1, -0.05) is 6.58 Å². The van der Waals surface area contributed by atoms with Crippen molar-refractivity contribution in [2.45, 2.75) is 12.8 Å². The van der Waals surface area contributed by atoms with E-state index in [-0.39, 0.29) is 12.5 Å². The molecule has 1 amide bonds. The molecule has 2 N–H and O–H groups in total. The molecule has 0 aliphatic rings. The first-order valence-corrected chi connectivity index (χ1v) is 7.69. The Labute approximate surface area is 147 Å². The first-order valence-electron chi connectivity index (χ1n) is 7.69. The van der Waals surface area contributed by atoms with Gasteiger partial charge < -0.3 is 15.0 Å². The lowest BCUT2D eigenvalue weighted by Crippen LogP contribution is -2.07. The molecule has 134 valence electrons. The van der Waals surface area contributed by atoms with Crippen LogP contribution < -0.4 is 5.32 Å². The van der Waals surface area contributed by atoms with E-state index in [1.165, 1.54) is 12.1 Å². The first kappa shape index (κ1) is 17.8. The van der Waals surface area contributed by atoms with Crippen LogP contribution in [0.5, 0.6) is 0 Å². The molecule has 0 aliphatic carbocycles. The summed E-state index contributed by atoms with van der Waals surface area (Å²) in [5.41, 5.74) is 1.63. The van der Waals surface area contributed by atoms with Crippen LogP contribution in [-0.4, -0.2) is 15.6 Å². The maximum Gasteiger partial charge on any atom is 0.416 e. The number of benzene rings is 2. The third kappa shape index (κ3) is 3.34. The normalized spacial score (nSPS) is 11.5. The molecule has 0 fully saturated rings. The summed E-state index contributed by atoms with van der Waals surface area (Å²) in [5, 5.41) is 12.9. The molecule has 0 aliphatic heterocycles. The number of aromatic nitrogens is 1. The SMILES string of the molecule is C=CC(=O)Nc1ccc2c(c1)c(CO)cn2-c1ccc(C(F)(F)F)cc1. The number of carbonyl (C=O) groups excluding carboxylic acids is 1. The van der Waals surface area contributed by atoms with Crippen LogP contribution in [0, 0.1) is 0 Å². The largest absolute Gasteiger partial charge is 0.416 e. The van der Waals surface area contributed by atoms with Gasteiger partial charge in [0.2, 0.25) is 5.91 Å². The number of anilines is 1. The van der Waals surface area contributed by atoms with Crippen LogP contribution in [0.1, 0.15) is 11.1 Å². The summed E-state index contributed by atoms with van der Waals surface area (Å²) in [5.74, 6) is -0.364. The van der Waals surface area contributed by atoms with Crippen LogP contribution in [0.25, 0.3) is 16.6 Å². The van der Waals surface area contributed by atoms with E-state index in [1.54, 1.807) is 29.0 Å². The molecule has 4 nitrogen and oxygen atoms in total. The minimum absolute atomic E-state index is 0.247. The highest BCUT2D eigenvalue weighted by Crippen LogP contribution is 2.31. The quantitative estimate of drug-likeness (QED) is 0.683. The molecule has 1 aromatic heterocycles. The Hall–Kier alpha value is -3.06. The van der Waals surface area contributed by atoms with Gasteiger partial charge in [0.1, 0.15) is 0 Å². The summed E-state index contributed by atoms with van der Waals surface area (Å²) < 4.78 is 39.9. The number of fused-ring (bicyclic) bond motifs is 1. The molecule has 3 aromatic rings. The molecule has 0 atom stereocenters. The number of hydrogen-bond acceptors (Lipinski definition) is 2. The summed E-state index contributed by atoms with van der Waals surface area (Å²) in [4.78, 5) is 11.4. The molecule has 0 unspecified atom stereocenters. The average Bonchev–Trinajstić information content (AvgIpc) is 2.99. The summed E-state index contributed by atoms with van der Waals surface area (Å²) in [6.07, 6.45) is -1.59. The number of aliphatic hydroxyl groups is 1. The number of carbonyl (C=O) groups is 1. The van der Waals surface area contributed by atoms with Crippen LogP contribution in [-0.2, 0) is 17.6 Å². The van der Waals surface area contributed by atoms with Crippen LogP contribution >= 0.6 is 0 Å². The van der Waals surface area contributed by atoms with Gasteiger partial charge in [-0.25, -0.2) is 0 Å². The zero-order chi connectivity index (χ0) is 18.9. The standard InChI is InChI=1S/C19H15F3N2O2/c1-2-18(26)23-14-5-8-17-16(9-14)12(11-25)10-24(17)15-6-3-13(4-7-15)19(20,21)22/h2-10,25H,1,11H2,(H,23,26). The van der Waals surface area contributed by atoms with Gasteiger partial charge in [0, 0.05) is 28.5 Å². The summed E-state index contributed by atoms with van der Waals surface area (Å²) in [7, 11) is 0.